The Morgan fingerprint density at radius 1 is 1.08 bits per heavy atom. The van der Waals surface area contributed by atoms with Crippen molar-refractivity contribution >= 4 is 21.6 Å². The first-order chi connectivity index (χ1) is 11.9. The molecule has 0 fully saturated rings. The molecule has 25 heavy (non-hydrogen) atoms. The lowest BCUT2D eigenvalue weighted by Gasteiger charge is -2.16. The van der Waals surface area contributed by atoms with Crippen molar-refractivity contribution in [1.29, 1.82) is 0 Å². The molecule has 0 saturated heterocycles. The van der Waals surface area contributed by atoms with Crippen molar-refractivity contribution in [3.8, 4) is 5.75 Å². The minimum absolute atomic E-state index is 0.0438. The summed E-state index contributed by atoms with van der Waals surface area (Å²) < 4.78 is 31.3. The van der Waals surface area contributed by atoms with Crippen LogP contribution in [0, 0.1) is 0 Å². The van der Waals surface area contributed by atoms with E-state index in [9.17, 15) is 13.2 Å². The average molecular weight is 362 g/mol. The molecular weight excluding hydrogens is 340 g/mol. The minimum Gasteiger partial charge on any atom is -0.483 e. The van der Waals surface area contributed by atoms with Crippen LogP contribution in [0.2, 0.25) is 0 Å². The molecule has 0 aliphatic heterocycles. The van der Waals surface area contributed by atoms with Gasteiger partial charge in [0.15, 0.2) is 6.61 Å². The molecule has 0 spiro atoms. The first-order valence-electron chi connectivity index (χ1n) is 7.88. The third-order valence-electron chi connectivity index (χ3n) is 3.63. The maximum Gasteiger partial charge on any atom is 0.262 e. The van der Waals surface area contributed by atoms with Crippen LogP contribution in [0.1, 0.15) is 12.5 Å². The van der Waals surface area contributed by atoms with Crippen molar-refractivity contribution < 1.29 is 17.9 Å². The van der Waals surface area contributed by atoms with Gasteiger partial charge < -0.3 is 10.1 Å². The van der Waals surface area contributed by atoms with Crippen LogP contribution in [-0.4, -0.2) is 39.3 Å². The van der Waals surface area contributed by atoms with Gasteiger partial charge >= 0.3 is 0 Å². The summed E-state index contributed by atoms with van der Waals surface area (Å²) in [4.78, 5) is 12.2. The maximum atomic E-state index is 12.3. The molecule has 0 aliphatic rings. The first-order valence-corrected chi connectivity index (χ1v) is 9.32. The topological polar surface area (TPSA) is 75.7 Å². The molecule has 0 saturated carbocycles. The second kappa shape index (κ2) is 8.13. The van der Waals surface area contributed by atoms with Crippen LogP contribution < -0.4 is 10.1 Å². The zero-order valence-corrected chi connectivity index (χ0v) is 15.3. The summed E-state index contributed by atoms with van der Waals surface area (Å²) in [6, 6.07) is 13.8. The Bertz CT molecular complexity index is 848. The number of aryl methyl sites for hydroxylation is 1. The Morgan fingerprint density at radius 2 is 1.72 bits per heavy atom. The number of carbonyl (C=O) groups is 1. The number of rotatable bonds is 7. The van der Waals surface area contributed by atoms with Gasteiger partial charge in [0.2, 0.25) is 10.0 Å². The number of amides is 1. The van der Waals surface area contributed by atoms with E-state index < -0.39 is 15.9 Å². The number of hydrogen-bond donors (Lipinski definition) is 1. The summed E-state index contributed by atoms with van der Waals surface area (Å²) in [6.45, 7) is 1.80. The number of para-hydroxylation sites is 2. The molecule has 2 aromatic carbocycles. The number of sulfonamides is 1. The van der Waals surface area contributed by atoms with E-state index in [0.717, 1.165) is 16.3 Å². The second-order valence-corrected chi connectivity index (χ2v) is 7.70. The molecular formula is C18H22N2O4S. The van der Waals surface area contributed by atoms with E-state index in [0.29, 0.717) is 5.75 Å². The fourth-order valence-corrected chi connectivity index (χ4v) is 3.30. The highest BCUT2D eigenvalue weighted by Gasteiger charge is 2.21. The Kier molecular flexibility index (Phi) is 6.17. The van der Waals surface area contributed by atoms with E-state index in [2.05, 4.69) is 5.32 Å². The number of nitrogens with one attached hydrogen (secondary N) is 1. The minimum atomic E-state index is -3.65. The van der Waals surface area contributed by atoms with E-state index in [1.165, 1.54) is 20.2 Å². The highest BCUT2D eigenvalue weighted by Crippen LogP contribution is 2.23. The number of hydrogen-bond acceptors (Lipinski definition) is 4. The number of ether oxygens (including phenoxy) is 1. The van der Waals surface area contributed by atoms with Gasteiger partial charge in [0.1, 0.15) is 10.6 Å². The third kappa shape index (κ3) is 4.58. The molecule has 0 unspecified atom stereocenters. The normalized spacial score (nSPS) is 11.4. The lowest BCUT2D eigenvalue weighted by atomic mass is 10.1. The van der Waals surface area contributed by atoms with Crippen molar-refractivity contribution in [3.05, 3.63) is 54.1 Å². The standard InChI is InChI=1S/C18H22N2O4S/c1-4-14-9-5-7-11-16(14)24-13-18(21)19-15-10-6-8-12-17(15)25(22,23)20(2)3/h5-12H,4,13H2,1-3H3,(H,19,21). The lowest BCUT2D eigenvalue weighted by Crippen LogP contribution is -2.26. The molecule has 0 aromatic heterocycles. The van der Waals surface area contributed by atoms with Crippen LogP contribution in [0.25, 0.3) is 0 Å². The molecule has 0 aliphatic carbocycles. The van der Waals surface area contributed by atoms with Crippen molar-refractivity contribution in [3.63, 3.8) is 0 Å². The summed E-state index contributed by atoms with van der Waals surface area (Å²) in [5.41, 5.74) is 1.24. The fraction of sp³-hybridized carbons (Fsp3) is 0.278. The zero-order valence-electron chi connectivity index (χ0n) is 14.5. The monoisotopic (exact) mass is 362 g/mol. The summed E-state index contributed by atoms with van der Waals surface area (Å²) >= 11 is 0. The number of nitrogens with zero attached hydrogens (tertiary/aromatic N) is 1. The fourth-order valence-electron chi connectivity index (χ4n) is 2.26. The van der Waals surface area contributed by atoms with E-state index in [1.54, 1.807) is 24.3 Å². The molecule has 0 atom stereocenters. The van der Waals surface area contributed by atoms with Crippen LogP contribution in [-0.2, 0) is 21.2 Å². The smallest absolute Gasteiger partial charge is 0.262 e. The van der Waals surface area contributed by atoms with E-state index in [-0.39, 0.29) is 17.2 Å². The molecule has 2 aromatic rings. The average Bonchev–Trinajstić information content (AvgIpc) is 2.60. The Labute approximate surface area is 148 Å². The molecule has 6 nitrogen and oxygen atoms in total. The van der Waals surface area contributed by atoms with E-state index >= 15 is 0 Å². The lowest BCUT2D eigenvalue weighted by molar-refractivity contribution is -0.118. The van der Waals surface area contributed by atoms with Gasteiger partial charge in [-0.2, -0.15) is 0 Å². The Balaban J connectivity index is 2.12. The summed E-state index contributed by atoms with van der Waals surface area (Å²) in [5, 5.41) is 2.61. The predicted octanol–water partition coefficient (Wildman–Crippen LogP) is 2.52. The largest absolute Gasteiger partial charge is 0.483 e. The molecule has 0 heterocycles. The van der Waals surface area contributed by atoms with Crippen LogP contribution in [0.4, 0.5) is 5.69 Å². The second-order valence-electron chi connectivity index (χ2n) is 5.58. The molecule has 0 bridgehead atoms. The molecule has 7 heteroatoms. The van der Waals surface area contributed by atoms with Gasteiger partial charge in [0.05, 0.1) is 5.69 Å². The predicted molar refractivity (Wildman–Crippen MR) is 97.3 cm³/mol. The quantitative estimate of drug-likeness (QED) is 0.821. The van der Waals surface area contributed by atoms with Gasteiger partial charge in [-0.15, -0.1) is 0 Å². The highest BCUT2D eigenvalue weighted by atomic mass is 32.2. The first kappa shape index (κ1) is 19.0. The van der Waals surface area contributed by atoms with Gasteiger partial charge in [-0.1, -0.05) is 37.3 Å². The zero-order chi connectivity index (χ0) is 18.4. The van der Waals surface area contributed by atoms with Gasteiger partial charge in [0.25, 0.3) is 5.91 Å². The van der Waals surface area contributed by atoms with Gasteiger partial charge in [0, 0.05) is 14.1 Å². The molecule has 0 radical (unpaired) electrons. The summed E-state index contributed by atoms with van der Waals surface area (Å²) in [6.07, 6.45) is 0.793. The molecule has 134 valence electrons. The van der Waals surface area contributed by atoms with Crippen LogP contribution >= 0.6 is 0 Å². The number of carbonyl (C=O) groups excluding carboxylic acids is 1. The summed E-state index contributed by atoms with van der Waals surface area (Å²) in [5.74, 6) is 0.224. The highest BCUT2D eigenvalue weighted by molar-refractivity contribution is 7.89. The van der Waals surface area contributed by atoms with E-state index in [1.807, 2.05) is 25.1 Å². The third-order valence-corrected chi connectivity index (χ3v) is 5.51. The van der Waals surface area contributed by atoms with Crippen molar-refractivity contribution in [2.75, 3.05) is 26.0 Å². The SMILES string of the molecule is CCc1ccccc1OCC(=O)Nc1ccccc1S(=O)(=O)N(C)C. The summed E-state index contributed by atoms with van der Waals surface area (Å²) in [7, 11) is -0.767. The maximum absolute atomic E-state index is 12.3. The van der Waals surface area contributed by atoms with Crippen LogP contribution in [0.15, 0.2) is 53.4 Å². The molecule has 1 amide bonds. The van der Waals surface area contributed by atoms with E-state index in [4.69, 9.17) is 4.74 Å². The molecule has 1 N–H and O–H groups in total. The van der Waals surface area contributed by atoms with Gasteiger partial charge in [-0.05, 0) is 30.2 Å². The van der Waals surface area contributed by atoms with Crippen molar-refractivity contribution in [1.82, 2.24) is 4.31 Å². The van der Waals surface area contributed by atoms with Crippen molar-refractivity contribution in [2.24, 2.45) is 0 Å². The van der Waals surface area contributed by atoms with Crippen LogP contribution in [0.3, 0.4) is 0 Å². The Hall–Kier alpha value is -2.38. The van der Waals surface area contributed by atoms with Gasteiger partial charge in [-0.3, -0.25) is 4.79 Å². The molecule has 2 rings (SSSR count). The van der Waals surface area contributed by atoms with Crippen molar-refractivity contribution in [2.45, 2.75) is 18.2 Å². The Morgan fingerprint density at radius 3 is 2.40 bits per heavy atom. The van der Waals surface area contributed by atoms with Crippen LogP contribution in [0.5, 0.6) is 5.75 Å². The van der Waals surface area contributed by atoms with Gasteiger partial charge in [-0.25, -0.2) is 12.7 Å². The number of anilines is 1. The number of benzene rings is 2.